The molecule has 39 nitrogen and oxygen atoms in total. The fourth-order valence-electron chi connectivity index (χ4n) is 14.6. The van der Waals surface area contributed by atoms with Gasteiger partial charge in [-0.25, -0.2) is 19.4 Å². The number of benzene rings is 2. The van der Waals surface area contributed by atoms with Gasteiger partial charge in [0, 0.05) is 133 Å². The van der Waals surface area contributed by atoms with Gasteiger partial charge in [-0.1, -0.05) is 117 Å². The zero-order valence-electron chi connectivity index (χ0n) is 81.7. The first-order valence-corrected chi connectivity index (χ1v) is 49.4. The number of ketones is 6. The molecule has 0 radical (unpaired) electrons. The van der Waals surface area contributed by atoms with Gasteiger partial charge in [0.05, 0.1) is 115 Å². The highest BCUT2D eigenvalue weighted by Gasteiger charge is 2.36. The Hall–Kier alpha value is -10.4. The van der Waals surface area contributed by atoms with Gasteiger partial charge in [-0.2, -0.15) is 0 Å². The Morgan fingerprint density at radius 2 is 0.763 bits per heavy atom. The number of hydrogen-bond donors (Lipinski definition) is 12. The number of aromatic nitrogens is 2. The van der Waals surface area contributed by atoms with Crippen LogP contribution in [0.5, 0.6) is 11.5 Å². The number of hydrogen-bond acceptors (Lipinski definition) is 28. The quantitative estimate of drug-likeness (QED) is 0.0234. The van der Waals surface area contributed by atoms with Crippen molar-refractivity contribution in [1.82, 2.24) is 36.6 Å². The van der Waals surface area contributed by atoms with Crippen molar-refractivity contribution < 1.29 is 150 Å². The average molecular weight is 1970 g/mol. The summed E-state index contributed by atoms with van der Waals surface area (Å²) in [5.41, 5.74) is 6.07. The molecule has 0 aliphatic heterocycles. The first kappa shape index (κ1) is 123. The van der Waals surface area contributed by atoms with Crippen molar-refractivity contribution in [2.45, 2.75) is 276 Å². The number of carbonyl (C=O) groups excluding carboxylic acids is 11. The summed E-state index contributed by atoms with van der Waals surface area (Å²) in [7, 11) is 0. The molecule has 3 rings (SSSR count). The largest absolute Gasteiger partial charge is 0.494 e. The Kier molecular flexibility index (Phi) is 69.2. The third-order valence-corrected chi connectivity index (χ3v) is 22.9. The monoisotopic (exact) mass is 1970 g/mol. The van der Waals surface area contributed by atoms with Gasteiger partial charge >= 0.3 is 29.8 Å². The molecule has 1 heterocycles. The van der Waals surface area contributed by atoms with Crippen LogP contribution in [0.25, 0.3) is 0 Å². The highest BCUT2D eigenvalue weighted by Crippen LogP contribution is 2.31. The molecule has 0 aliphatic carbocycles. The van der Waals surface area contributed by atoms with Crippen molar-refractivity contribution >= 4 is 94.1 Å². The van der Waals surface area contributed by atoms with Crippen LogP contribution in [-0.4, -0.2) is 287 Å². The predicted octanol–water partition coefficient (Wildman–Crippen LogP) is 10.3. The zero-order valence-corrected chi connectivity index (χ0v) is 81.7. The van der Waals surface area contributed by atoms with E-state index in [0.29, 0.717) is 88.2 Å². The number of rotatable bonds is 95. The van der Waals surface area contributed by atoms with Crippen LogP contribution >= 0.6 is 0 Å². The first-order valence-electron chi connectivity index (χ1n) is 49.4. The molecule has 0 spiro atoms. The lowest BCUT2D eigenvalue weighted by Crippen LogP contribution is -2.41. The average Bonchev–Trinajstić information content (AvgIpc) is 1.43. The highest BCUT2D eigenvalue weighted by atomic mass is 16.5. The Labute approximate surface area is 816 Å². The number of Topliss-reactive ketones (excluding diaryl/α,β-unsaturated/α-hetero) is 6. The maximum atomic E-state index is 14.1. The third kappa shape index (κ3) is 65.3. The molecule has 13 N–H and O–H groups in total. The molecule has 39 heteroatoms. The number of ether oxygens (including phenoxy) is 10. The van der Waals surface area contributed by atoms with Crippen LogP contribution in [0.15, 0.2) is 61.1 Å². The van der Waals surface area contributed by atoms with Gasteiger partial charge in [-0.05, 0) is 126 Å². The molecule has 0 saturated carbocycles. The molecule has 139 heavy (non-hydrogen) atoms. The third-order valence-electron chi connectivity index (χ3n) is 22.9. The summed E-state index contributed by atoms with van der Waals surface area (Å²) in [5, 5.41) is 61.0. The second-order valence-electron chi connectivity index (χ2n) is 35.3. The van der Waals surface area contributed by atoms with Gasteiger partial charge in [0.15, 0.2) is 11.6 Å². The van der Waals surface area contributed by atoms with E-state index in [2.05, 4.69) is 36.6 Å². The molecular weight excluding hydrogens is 1810 g/mol. The molecule has 0 aliphatic rings. The van der Waals surface area contributed by atoms with Gasteiger partial charge in [0.2, 0.25) is 29.5 Å². The van der Waals surface area contributed by atoms with E-state index in [4.69, 9.17) is 63.3 Å². The molecule has 0 unspecified atom stereocenters. The van der Waals surface area contributed by atoms with Gasteiger partial charge in [0.25, 0.3) is 0 Å². The maximum Gasteiger partial charge on any atom is 0.335 e. The molecule has 5 atom stereocenters. The molecule has 782 valence electrons. The molecule has 1 aromatic heterocycles. The van der Waals surface area contributed by atoms with E-state index in [-0.39, 0.29) is 280 Å². The van der Waals surface area contributed by atoms with Crippen molar-refractivity contribution in [3.63, 3.8) is 0 Å². The van der Waals surface area contributed by atoms with Gasteiger partial charge in [0.1, 0.15) is 67.1 Å². The van der Waals surface area contributed by atoms with Crippen molar-refractivity contribution in [2.24, 2.45) is 28.9 Å². The molecular formula is C100H156N8O31. The van der Waals surface area contributed by atoms with Gasteiger partial charge < -0.3 is 110 Å². The standard InChI is InChI=1S/C100H156N8O31/c1-100(2,67-88(113)85(101)66-79-68-102-73-107-79)89(114)65-76(27-19-21-45-103-92(117)70-135-60-56-131-50-26-31-82(111)69-134-59-57-132-53-47-105-90(115)44-37-78(98(126)127)63-81(110)29-17-13-9-5-3-7-11-15-23-51-138-83-39-33-74(34-40-83)95(120)121)87(112)64-77(97(124)125)28-20-22-46-104-93(118)71-137-62-58-133-54-48-106-94(119)72-136-61-55-130-49-25-30-80(109)38-43-86(99(128)129)108-91(116)32-18-14-10-6-4-8-12-16-24-52-139-84-41-35-75(36-42-84)96(122)123/h33-36,39-42,68,73,76-78,85-86H,3-32,37-38,43-67,69-72,101H2,1-2H3,(H,102,107)(H,103,117)(H,104,118)(H,105,115)(H,106,119)(H,108,116)(H,120,121)(H,122,123)(H,124,125)(H,126,127)(H,128,129)/t76-,77-,78-,85+,86+/m1/s1. The second kappa shape index (κ2) is 78.3. The minimum atomic E-state index is -1.22. The van der Waals surface area contributed by atoms with Crippen LogP contribution in [0.3, 0.4) is 0 Å². The van der Waals surface area contributed by atoms with Crippen LogP contribution in [0.4, 0.5) is 0 Å². The topological polar surface area (TPSA) is 581 Å². The number of carboxylic acids is 5. The number of H-pyrrole nitrogens is 1. The number of aromatic carboxylic acids is 2. The number of amides is 5. The fourth-order valence-corrected chi connectivity index (χ4v) is 14.6. The molecule has 0 saturated heterocycles. The lowest BCUT2D eigenvalue weighted by atomic mass is 9.76. The fraction of sp³-hybridized carbons (Fsp3) is 0.690. The van der Waals surface area contributed by atoms with E-state index in [1.165, 1.54) is 30.6 Å². The number of carbonyl (C=O) groups is 16. The number of aliphatic carboxylic acids is 3. The van der Waals surface area contributed by atoms with Crippen molar-refractivity contribution in [3.8, 4) is 11.5 Å². The Bertz CT molecular complexity index is 4020. The summed E-state index contributed by atoms with van der Waals surface area (Å²) >= 11 is 0. The summed E-state index contributed by atoms with van der Waals surface area (Å²) in [6.07, 6.45) is 23.1. The highest BCUT2D eigenvalue weighted by molar-refractivity contribution is 5.96. The predicted molar refractivity (Wildman–Crippen MR) is 511 cm³/mol. The summed E-state index contributed by atoms with van der Waals surface area (Å²) in [5.74, 6) is -10.7. The van der Waals surface area contributed by atoms with E-state index in [9.17, 15) is 92.0 Å². The summed E-state index contributed by atoms with van der Waals surface area (Å²) in [4.78, 5) is 206. The minimum Gasteiger partial charge on any atom is -0.494 e. The van der Waals surface area contributed by atoms with E-state index < -0.39 is 82.7 Å². The van der Waals surface area contributed by atoms with E-state index >= 15 is 0 Å². The van der Waals surface area contributed by atoms with Crippen LogP contribution in [0, 0.1) is 23.2 Å². The first-order chi connectivity index (χ1) is 66.9. The molecule has 5 amide bonds. The van der Waals surface area contributed by atoms with Crippen LogP contribution < -0.4 is 41.8 Å². The Balaban J connectivity index is 1.18. The van der Waals surface area contributed by atoms with Gasteiger partial charge in [-0.15, -0.1) is 0 Å². The second-order valence-corrected chi connectivity index (χ2v) is 35.3. The van der Waals surface area contributed by atoms with Crippen LogP contribution in [0.2, 0.25) is 0 Å². The number of imidazole rings is 1. The van der Waals surface area contributed by atoms with Crippen molar-refractivity contribution in [3.05, 3.63) is 77.9 Å². The van der Waals surface area contributed by atoms with Crippen LogP contribution in [0.1, 0.15) is 284 Å². The smallest absolute Gasteiger partial charge is 0.335 e. The maximum absolute atomic E-state index is 14.1. The summed E-state index contributed by atoms with van der Waals surface area (Å²) < 4.78 is 55.0. The summed E-state index contributed by atoms with van der Waals surface area (Å²) in [6.45, 7) is 6.07. The number of unbranched alkanes of at least 4 members (excludes halogenated alkanes) is 18. The number of nitrogens with two attached hydrogens (primary N) is 1. The van der Waals surface area contributed by atoms with E-state index in [1.807, 2.05) is 0 Å². The SMILES string of the molecule is CC(C)(CC(=O)[C@@H](N)Cc1cnc[nH]1)C(=O)C[C@@H](CCCCNC(=O)COCCOCCCC(=O)COCCOCCNC(=O)CC[C@H](CC(=O)CCCCCCCCCCCOc1ccc(C(=O)O)cc1)C(=O)O)C(=O)C[C@@H](CCCCNC(=O)COCCOCCNC(=O)COCCOCCCC(=O)CC[C@H](NC(=O)CCCCCCCCCCCOc1ccc(C(=O)O)cc1)C(=O)O)C(=O)O. The number of carboxylic acid groups (broad SMARTS) is 5. The number of aromatic amines is 1. The zero-order chi connectivity index (χ0) is 102. The Morgan fingerprint density at radius 1 is 0.353 bits per heavy atom. The van der Waals surface area contributed by atoms with Crippen LogP contribution in [-0.2, 0) is 111 Å². The van der Waals surface area contributed by atoms with Crippen molar-refractivity contribution in [2.75, 3.05) is 145 Å². The van der Waals surface area contributed by atoms with Gasteiger partial charge in [-0.3, -0.25) is 62.3 Å². The normalized spacial score (nSPS) is 12.4. The van der Waals surface area contributed by atoms with E-state index in [0.717, 1.165) is 103 Å². The van der Waals surface area contributed by atoms with Crippen molar-refractivity contribution in [1.29, 1.82) is 0 Å². The number of nitrogens with zero attached hydrogens (tertiary/aromatic N) is 1. The lowest BCUT2D eigenvalue weighted by molar-refractivity contribution is -0.145. The van der Waals surface area contributed by atoms with E-state index in [1.54, 1.807) is 44.3 Å². The molecule has 2 aromatic carbocycles. The lowest BCUT2D eigenvalue weighted by Gasteiger charge is -2.26. The Morgan fingerprint density at radius 3 is 1.22 bits per heavy atom. The minimum absolute atomic E-state index is 0.0124. The molecule has 3 aromatic rings. The summed E-state index contributed by atoms with van der Waals surface area (Å²) in [6, 6.07) is 10.6. The number of nitrogens with one attached hydrogen (secondary N) is 6. The molecule has 0 bridgehead atoms. The molecule has 0 fully saturated rings.